The van der Waals surface area contributed by atoms with Gasteiger partial charge < -0.3 is 28.8 Å². The number of aliphatic hydroxyl groups is 1. The number of likely N-dealkylation sites (N-methyl/N-ethyl adjacent to an activating group) is 1. The van der Waals surface area contributed by atoms with Crippen molar-refractivity contribution in [2.75, 3.05) is 40.9 Å². The average Bonchev–Trinajstić information content (AvgIpc) is 3.42. The van der Waals surface area contributed by atoms with Crippen LogP contribution in [-0.2, 0) is 18.4 Å². The number of nitrogens with zero attached hydrogens (tertiary/aromatic N) is 1. The molecule has 0 aliphatic rings. The van der Waals surface area contributed by atoms with Crippen LogP contribution in [-0.4, -0.2) is 68.5 Å². The quantitative estimate of drug-likeness (QED) is 0.0272. The third-order valence-corrected chi connectivity index (χ3v) is 15.5. The first-order chi connectivity index (χ1) is 39.0. The lowest BCUT2D eigenvalue weighted by molar-refractivity contribution is -0.870. The normalized spacial score (nSPS) is 14.4. The minimum Gasteiger partial charge on any atom is -0.756 e. The molecule has 80 heavy (non-hydrogen) atoms. The Kier molecular flexibility index (Phi) is 58.6. The summed E-state index contributed by atoms with van der Waals surface area (Å²) in [6.45, 7) is 4.55. The van der Waals surface area contributed by atoms with Crippen LogP contribution in [0.5, 0.6) is 0 Å². The molecular weight excluding hydrogens is 1010 g/mol. The zero-order valence-electron chi connectivity index (χ0n) is 52.7. The standard InChI is InChI=1S/C71H127N2O6P/c1-6-8-10-12-14-16-18-20-22-24-26-28-29-30-31-32-33-34-35-36-37-38-39-40-41-42-43-45-47-49-51-53-55-57-59-61-63-65-71(75)72-69(68-79-80(76,77)78-67-66-73(3,4)5)70(74)64-62-60-58-56-54-52-50-48-46-44-27-25-23-21-19-17-15-13-11-9-7-2/h8,10,14,16,20,22,26,28,30-31,33-34,36-37,39-40,62,64,69-70,74H,6-7,9,11-13,15,17-19,21,23-25,27,29,32,35,38,41-61,63,65-68H2,1-5H3,(H-,72,75,76,77)/b10-8-,16-14-,22-20-,28-26-,31-30-,34-33-,37-36-,40-39-,64-62+. The van der Waals surface area contributed by atoms with Crippen molar-refractivity contribution < 1.29 is 32.9 Å². The summed E-state index contributed by atoms with van der Waals surface area (Å²) in [6, 6.07) is -0.895. The molecule has 0 aliphatic heterocycles. The third-order valence-electron chi connectivity index (χ3n) is 14.5. The number of amides is 1. The summed E-state index contributed by atoms with van der Waals surface area (Å²) in [5.41, 5.74) is 0. The first-order valence-corrected chi connectivity index (χ1v) is 34.7. The van der Waals surface area contributed by atoms with Crippen molar-refractivity contribution in [3.8, 4) is 0 Å². The number of rotatable bonds is 60. The fourth-order valence-corrected chi connectivity index (χ4v) is 10.1. The molecule has 0 heterocycles. The smallest absolute Gasteiger partial charge is 0.268 e. The minimum atomic E-state index is -4.61. The fraction of sp³-hybridized carbons (Fsp3) is 0.732. The molecule has 0 aromatic carbocycles. The van der Waals surface area contributed by atoms with Gasteiger partial charge in [0, 0.05) is 6.42 Å². The summed E-state index contributed by atoms with van der Waals surface area (Å²) in [4.78, 5) is 25.6. The van der Waals surface area contributed by atoms with Gasteiger partial charge in [-0.25, -0.2) is 0 Å². The molecule has 9 heteroatoms. The van der Waals surface area contributed by atoms with Crippen LogP contribution in [0.3, 0.4) is 0 Å². The molecule has 0 fully saturated rings. The van der Waals surface area contributed by atoms with E-state index in [0.29, 0.717) is 17.4 Å². The Labute approximate surface area is 495 Å². The predicted molar refractivity (Wildman–Crippen MR) is 348 cm³/mol. The van der Waals surface area contributed by atoms with Crippen molar-refractivity contribution >= 4 is 13.7 Å². The topological polar surface area (TPSA) is 108 Å². The molecule has 0 saturated carbocycles. The molecule has 0 aliphatic carbocycles. The summed E-state index contributed by atoms with van der Waals surface area (Å²) in [7, 11) is 1.26. The van der Waals surface area contributed by atoms with E-state index in [9.17, 15) is 19.4 Å². The van der Waals surface area contributed by atoms with Crippen LogP contribution < -0.4 is 10.2 Å². The number of aliphatic hydroxyl groups excluding tert-OH is 1. The largest absolute Gasteiger partial charge is 0.756 e. The van der Waals surface area contributed by atoms with Crippen LogP contribution in [0.15, 0.2) is 109 Å². The van der Waals surface area contributed by atoms with Crippen molar-refractivity contribution in [2.45, 2.75) is 296 Å². The molecule has 3 unspecified atom stereocenters. The molecule has 1 amide bonds. The van der Waals surface area contributed by atoms with Gasteiger partial charge in [-0.1, -0.05) is 303 Å². The van der Waals surface area contributed by atoms with Gasteiger partial charge in [0.2, 0.25) is 5.91 Å². The Morgan fingerprint density at radius 2 is 0.762 bits per heavy atom. The van der Waals surface area contributed by atoms with Gasteiger partial charge in [0.1, 0.15) is 13.2 Å². The van der Waals surface area contributed by atoms with Crippen LogP contribution in [0, 0.1) is 0 Å². The van der Waals surface area contributed by atoms with Gasteiger partial charge in [-0.2, -0.15) is 0 Å². The number of phosphoric acid groups is 1. The Morgan fingerprint density at radius 1 is 0.450 bits per heavy atom. The van der Waals surface area contributed by atoms with Gasteiger partial charge in [0.05, 0.1) is 39.9 Å². The highest BCUT2D eigenvalue weighted by atomic mass is 31.2. The number of hydrogen-bond acceptors (Lipinski definition) is 6. The summed E-state index contributed by atoms with van der Waals surface area (Å²) < 4.78 is 23.4. The van der Waals surface area contributed by atoms with Gasteiger partial charge in [-0.05, 0) is 83.5 Å². The highest BCUT2D eigenvalue weighted by Crippen LogP contribution is 2.38. The average molecular weight is 1140 g/mol. The lowest BCUT2D eigenvalue weighted by atomic mass is 10.0. The highest BCUT2D eigenvalue weighted by Gasteiger charge is 2.23. The zero-order valence-corrected chi connectivity index (χ0v) is 53.6. The molecule has 8 nitrogen and oxygen atoms in total. The van der Waals surface area contributed by atoms with Crippen molar-refractivity contribution in [1.29, 1.82) is 0 Å². The van der Waals surface area contributed by atoms with E-state index in [4.69, 9.17) is 9.05 Å². The Bertz CT molecular complexity index is 1670. The van der Waals surface area contributed by atoms with E-state index in [1.54, 1.807) is 6.08 Å². The van der Waals surface area contributed by atoms with Crippen molar-refractivity contribution in [3.05, 3.63) is 109 Å². The van der Waals surface area contributed by atoms with E-state index in [1.807, 2.05) is 27.2 Å². The number of unbranched alkanes of at least 4 members (excludes halogenated alkanes) is 31. The van der Waals surface area contributed by atoms with E-state index in [0.717, 1.165) is 89.9 Å². The van der Waals surface area contributed by atoms with E-state index in [2.05, 4.69) is 116 Å². The molecule has 0 saturated heterocycles. The molecule has 0 rings (SSSR count). The highest BCUT2D eigenvalue weighted by molar-refractivity contribution is 7.45. The van der Waals surface area contributed by atoms with Crippen LogP contribution in [0.4, 0.5) is 0 Å². The Morgan fingerprint density at radius 3 is 1.11 bits per heavy atom. The lowest BCUT2D eigenvalue weighted by Gasteiger charge is -2.29. The first-order valence-electron chi connectivity index (χ1n) is 33.2. The molecule has 0 aromatic rings. The van der Waals surface area contributed by atoms with E-state index in [-0.39, 0.29) is 19.1 Å². The maximum Gasteiger partial charge on any atom is 0.268 e. The number of allylic oxidation sites excluding steroid dienone is 17. The number of carbonyl (C=O) groups is 1. The lowest BCUT2D eigenvalue weighted by Crippen LogP contribution is -2.45. The molecule has 2 N–H and O–H groups in total. The second kappa shape index (κ2) is 60.7. The summed E-state index contributed by atoms with van der Waals surface area (Å²) in [6.07, 6.45) is 89.0. The Balaban J connectivity index is 4.11. The van der Waals surface area contributed by atoms with Gasteiger partial charge in [0.15, 0.2) is 0 Å². The fourth-order valence-electron chi connectivity index (χ4n) is 9.35. The number of hydrogen-bond donors (Lipinski definition) is 2. The zero-order chi connectivity index (χ0) is 58.4. The minimum absolute atomic E-state index is 0.00494. The molecule has 0 spiro atoms. The summed E-state index contributed by atoms with van der Waals surface area (Å²) >= 11 is 0. The number of nitrogens with one attached hydrogen (secondary N) is 1. The maximum atomic E-state index is 13.0. The van der Waals surface area contributed by atoms with Gasteiger partial charge in [-0.3, -0.25) is 9.36 Å². The summed E-state index contributed by atoms with van der Waals surface area (Å²) in [5.74, 6) is -0.201. The van der Waals surface area contributed by atoms with E-state index < -0.39 is 20.0 Å². The molecule has 3 atom stereocenters. The maximum absolute atomic E-state index is 13.0. The van der Waals surface area contributed by atoms with Crippen molar-refractivity contribution in [1.82, 2.24) is 5.32 Å². The van der Waals surface area contributed by atoms with Crippen molar-refractivity contribution in [3.63, 3.8) is 0 Å². The molecule has 0 bridgehead atoms. The second-order valence-corrected chi connectivity index (χ2v) is 24.9. The first kappa shape index (κ1) is 77.2. The number of quaternary nitrogens is 1. The van der Waals surface area contributed by atoms with Crippen LogP contribution in [0.1, 0.15) is 284 Å². The predicted octanol–water partition coefficient (Wildman–Crippen LogP) is 20.5. The second-order valence-electron chi connectivity index (χ2n) is 23.4. The SMILES string of the molecule is CC/C=C\C/C=C\C/C=C\C/C=C\C/C=C\C/C=C\C/C=C\C/C=C\CCCCCCCCCCCCCCC(=O)NC(COP(=O)([O-])OCC[N+](C)(C)C)C(O)/C=C/CCCCCCCCCCCCCCCCCCCCC. The van der Waals surface area contributed by atoms with E-state index in [1.165, 1.54) is 173 Å². The number of carbonyl (C=O) groups excluding carboxylic acids is 1. The monoisotopic (exact) mass is 1130 g/mol. The van der Waals surface area contributed by atoms with Crippen LogP contribution in [0.2, 0.25) is 0 Å². The number of phosphoric ester groups is 1. The van der Waals surface area contributed by atoms with Crippen LogP contribution >= 0.6 is 7.82 Å². The molecule has 0 aromatic heterocycles. The van der Waals surface area contributed by atoms with Gasteiger partial charge >= 0.3 is 0 Å². The van der Waals surface area contributed by atoms with Gasteiger partial charge in [0.25, 0.3) is 7.82 Å². The Hall–Kier alpha value is -2.84. The van der Waals surface area contributed by atoms with Crippen LogP contribution in [0.25, 0.3) is 0 Å². The molecule has 0 radical (unpaired) electrons. The van der Waals surface area contributed by atoms with E-state index >= 15 is 0 Å². The summed E-state index contributed by atoms with van der Waals surface area (Å²) in [5, 5.41) is 13.9. The van der Waals surface area contributed by atoms with Gasteiger partial charge in [-0.15, -0.1) is 0 Å². The molecular formula is C71H127N2O6P. The molecule has 462 valence electrons. The van der Waals surface area contributed by atoms with Crippen molar-refractivity contribution in [2.24, 2.45) is 0 Å². The third kappa shape index (κ3) is 62.8.